The number of aryl methyl sites for hydroxylation is 2. The standard InChI is InChI=1S/C59H84N5O7.Mg/c1-15-43-39(8)47-31-49-41(10)45(26-27-53(65)71-29-28-38(7)25-19-24-37(6)23-18-22-36(5)21-17-20-35(3)4)57(63-49)46(30-54(66)68-12)58-56(59(67)60-34-55(69-13)70-14)42(11)50(64-58)33-52-44(16-2)40(9)48(62-52)32-51(43)61-47;/h15,28,31-33,35-37,41,45,55H,1,16-27,29-30,34H2,2-14H3,(H2-,60,61,62,63,64,67);/q-1;+2/p+1. The van der Waals surface area contributed by atoms with Crippen LogP contribution in [-0.2, 0) is 46.2 Å². The zero-order valence-electron chi connectivity index (χ0n) is 46.1. The van der Waals surface area contributed by atoms with Gasteiger partial charge in [0.2, 0.25) is 22.8 Å². The fourth-order valence-corrected chi connectivity index (χ4v) is 10.3. The van der Waals surface area contributed by atoms with Crippen LogP contribution in [0.5, 0.6) is 0 Å². The molecule has 3 aliphatic heterocycles. The number of aromatic amines is 2. The van der Waals surface area contributed by atoms with Crippen molar-refractivity contribution < 1.29 is 43.3 Å². The average Bonchev–Trinajstić information content (AvgIpc) is 4.02. The minimum absolute atomic E-state index is 0. The number of fused-ring (bicyclic) bond motifs is 8. The molecule has 2 aromatic rings. The normalized spacial score (nSPS) is 16.2. The number of rotatable bonds is 26. The van der Waals surface area contributed by atoms with E-state index in [-0.39, 0.29) is 72.8 Å². The quantitative estimate of drug-likeness (QED) is 0.0419. The molecule has 5 rings (SSSR count). The van der Waals surface area contributed by atoms with Crippen LogP contribution < -0.4 is 25.3 Å². The van der Waals surface area contributed by atoms with Gasteiger partial charge in [-0.2, -0.15) is 0 Å². The van der Waals surface area contributed by atoms with Crippen molar-refractivity contribution in [1.82, 2.24) is 15.3 Å². The van der Waals surface area contributed by atoms with Crippen molar-refractivity contribution in [3.63, 3.8) is 0 Å². The molecule has 0 saturated heterocycles. The molecule has 0 saturated carbocycles. The third-order valence-electron chi connectivity index (χ3n) is 14.9. The van der Waals surface area contributed by atoms with E-state index in [0.29, 0.717) is 46.1 Å². The minimum atomic E-state index is -0.680. The summed E-state index contributed by atoms with van der Waals surface area (Å²) in [7, 11) is 4.37. The van der Waals surface area contributed by atoms with E-state index in [0.717, 1.165) is 81.5 Å². The van der Waals surface area contributed by atoms with Crippen LogP contribution in [0.3, 0.4) is 0 Å². The van der Waals surface area contributed by atoms with E-state index in [1.807, 2.05) is 31.2 Å². The molecule has 2 aromatic heterocycles. The summed E-state index contributed by atoms with van der Waals surface area (Å²) in [5.41, 5.74) is 12.6. The third-order valence-corrected chi connectivity index (χ3v) is 14.9. The SMILES string of the molecule is C=CC1=C(C)c2cc3[n-]c(c(CC(=O)OC)c4[nH+]c(cc5[n-]c(cc1[nH+]2)c(C)c5CC)C(C)=C4C(=O)NCC(OC)OC)C(CCC(=O)OCC=C(C)CCCC(C)CCCC(C)CCCC(C)C)C3C.[Mg+2]. The Balaban J connectivity index is 0.0000112. The van der Waals surface area contributed by atoms with Crippen LogP contribution in [0.15, 0.2) is 42.5 Å². The van der Waals surface area contributed by atoms with Gasteiger partial charge in [-0.3, -0.25) is 14.4 Å². The van der Waals surface area contributed by atoms with Crippen LogP contribution in [0.1, 0.15) is 196 Å². The van der Waals surface area contributed by atoms with Crippen molar-refractivity contribution in [3.8, 4) is 0 Å². The maximum Gasteiger partial charge on any atom is 2.00 e. The Morgan fingerprint density at radius 2 is 1.44 bits per heavy atom. The fourth-order valence-electron chi connectivity index (χ4n) is 10.3. The maximum absolute atomic E-state index is 14.5. The number of esters is 2. The summed E-state index contributed by atoms with van der Waals surface area (Å²) in [5.74, 6) is 0.583. The Labute approximate surface area is 446 Å². The number of amides is 1. The number of nitrogens with zero attached hydrogens (tertiary/aromatic N) is 2. The van der Waals surface area contributed by atoms with Gasteiger partial charge in [0.25, 0.3) is 5.91 Å². The van der Waals surface area contributed by atoms with Gasteiger partial charge in [0.05, 0.1) is 25.6 Å². The second-order valence-corrected chi connectivity index (χ2v) is 20.7. The van der Waals surface area contributed by atoms with Gasteiger partial charge in [-0.25, -0.2) is 9.97 Å². The number of hydrogen-bond donors (Lipinski definition) is 1. The Bertz CT molecular complexity index is 2530. The zero-order valence-corrected chi connectivity index (χ0v) is 47.5. The number of aromatic nitrogens is 4. The van der Waals surface area contributed by atoms with Gasteiger partial charge in [0.15, 0.2) is 6.29 Å². The Morgan fingerprint density at radius 3 is 2.07 bits per heavy atom. The van der Waals surface area contributed by atoms with Gasteiger partial charge in [0.1, 0.15) is 12.2 Å². The second kappa shape index (κ2) is 28.8. The average molecular weight is 1000 g/mol. The number of nitrogens with one attached hydrogen (secondary N) is 3. The van der Waals surface area contributed by atoms with E-state index in [4.69, 9.17) is 28.9 Å². The number of ether oxygens (including phenoxy) is 4. The number of methoxy groups -OCH3 is 3. The van der Waals surface area contributed by atoms with E-state index < -0.39 is 12.3 Å². The zero-order chi connectivity index (χ0) is 51.9. The molecule has 0 fully saturated rings. The monoisotopic (exact) mass is 1000 g/mol. The predicted molar refractivity (Wildman–Crippen MR) is 289 cm³/mol. The molecule has 0 aliphatic carbocycles. The number of H-pyrrole nitrogens is 2. The number of carbonyl (C=O) groups is 3. The van der Waals surface area contributed by atoms with Crippen molar-refractivity contribution in [1.29, 1.82) is 0 Å². The van der Waals surface area contributed by atoms with Crippen molar-refractivity contribution in [3.05, 3.63) is 93.4 Å². The molecule has 8 bridgehead atoms. The van der Waals surface area contributed by atoms with Gasteiger partial charge in [0, 0.05) is 37.4 Å². The summed E-state index contributed by atoms with van der Waals surface area (Å²) >= 11 is 0. The first-order valence-electron chi connectivity index (χ1n) is 26.3. The van der Waals surface area contributed by atoms with Gasteiger partial charge >= 0.3 is 35.0 Å². The molecule has 13 heteroatoms. The van der Waals surface area contributed by atoms with Crippen LogP contribution in [0, 0.1) is 24.7 Å². The molecule has 0 radical (unpaired) electrons. The summed E-state index contributed by atoms with van der Waals surface area (Å²) in [6.45, 7) is 26.2. The second-order valence-electron chi connectivity index (χ2n) is 20.7. The van der Waals surface area contributed by atoms with E-state index >= 15 is 0 Å². The molecule has 3 N–H and O–H groups in total. The molecule has 5 heterocycles. The third kappa shape index (κ3) is 15.7. The molecule has 12 nitrogen and oxygen atoms in total. The largest absolute Gasteiger partial charge is 2.00 e. The van der Waals surface area contributed by atoms with Gasteiger partial charge in [-0.15, -0.1) is 22.4 Å². The molecule has 1 amide bonds. The summed E-state index contributed by atoms with van der Waals surface area (Å²) in [4.78, 5) is 59.4. The van der Waals surface area contributed by atoms with Crippen LogP contribution >= 0.6 is 0 Å². The van der Waals surface area contributed by atoms with Crippen molar-refractivity contribution >= 4 is 74.2 Å². The predicted octanol–water partition coefficient (Wildman–Crippen LogP) is 10.7. The van der Waals surface area contributed by atoms with Crippen LogP contribution in [-0.4, -0.2) is 81.7 Å². The first-order valence-corrected chi connectivity index (χ1v) is 26.3. The molecular weight excluding hydrogens is 915 g/mol. The van der Waals surface area contributed by atoms with Crippen LogP contribution in [0.2, 0.25) is 0 Å². The topological polar surface area (TPSA) is 157 Å². The first kappa shape index (κ1) is 60.0. The van der Waals surface area contributed by atoms with E-state index in [2.05, 4.69) is 90.2 Å². The van der Waals surface area contributed by atoms with E-state index in [9.17, 15) is 14.4 Å². The summed E-state index contributed by atoms with van der Waals surface area (Å²) in [5, 5.41) is 2.99. The molecule has 4 atom stereocenters. The maximum atomic E-state index is 14.5. The molecule has 72 heavy (non-hydrogen) atoms. The molecule has 388 valence electrons. The van der Waals surface area contributed by atoms with Crippen molar-refractivity contribution in [2.45, 2.75) is 171 Å². The summed E-state index contributed by atoms with van der Waals surface area (Å²) in [6, 6.07) is 6.09. The fraction of sp³-hybridized carbons (Fsp3) is 0.576. The van der Waals surface area contributed by atoms with E-state index in [1.54, 1.807) is 0 Å². The minimum Gasteiger partial charge on any atom is -0.664 e. The van der Waals surface area contributed by atoms with Crippen LogP contribution in [0.25, 0.3) is 33.3 Å². The van der Waals surface area contributed by atoms with Crippen molar-refractivity contribution in [2.24, 2.45) is 17.8 Å². The number of allylic oxidation sites excluding steroid dienone is 5. The van der Waals surface area contributed by atoms with Gasteiger partial charge in [-0.1, -0.05) is 116 Å². The molecular formula is C59H85MgN5O7+2. The molecule has 0 aromatic carbocycles. The Kier molecular flexibility index (Phi) is 24.0. The Hall–Kier alpha value is -4.56. The van der Waals surface area contributed by atoms with Crippen LogP contribution in [0.4, 0.5) is 0 Å². The van der Waals surface area contributed by atoms with E-state index in [1.165, 1.54) is 71.8 Å². The van der Waals surface area contributed by atoms with Gasteiger partial charge in [-0.05, 0) is 107 Å². The Morgan fingerprint density at radius 1 is 0.806 bits per heavy atom. The summed E-state index contributed by atoms with van der Waals surface area (Å²) < 4.78 is 22.0. The number of carbonyl (C=O) groups excluding carboxylic acids is 3. The number of hydrogen-bond acceptors (Lipinski definition) is 7. The molecule has 3 aliphatic rings. The van der Waals surface area contributed by atoms with Crippen molar-refractivity contribution in [2.75, 3.05) is 34.5 Å². The molecule has 0 spiro atoms. The first-order chi connectivity index (χ1) is 33.9. The summed E-state index contributed by atoms with van der Waals surface area (Å²) in [6.07, 6.45) is 15.5. The van der Waals surface area contributed by atoms with Gasteiger partial charge < -0.3 is 34.2 Å². The molecule has 4 unspecified atom stereocenters. The smallest absolute Gasteiger partial charge is 0.664 e.